The molecule has 0 aliphatic carbocycles. The molecule has 0 saturated carbocycles. The summed E-state index contributed by atoms with van der Waals surface area (Å²) in [5.74, 6) is 0.682. The van der Waals surface area contributed by atoms with E-state index in [-0.39, 0.29) is 0 Å². The fourth-order valence-electron chi connectivity index (χ4n) is 3.22. The summed E-state index contributed by atoms with van der Waals surface area (Å²) >= 11 is 0. The van der Waals surface area contributed by atoms with Gasteiger partial charge in [-0.15, -0.1) is 0 Å². The molecule has 0 bridgehead atoms. The van der Waals surface area contributed by atoms with Gasteiger partial charge < -0.3 is 14.8 Å². The summed E-state index contributed by atoms with van der Waals surface area (Å²) in [5, 5.41) is 3.49. The molecule has 2 fully saturated rings. The molecular weight excluding hydrogens is 240 g/mol. The molecule has 2 saturated heterocycles. The third kappa shape index (κ3) is 4.71. The molecule has 19 heavy (non-hydrogen) atoms. The van der Waals surface area contributed by atoms with Gasteiger partial charge in [0.2, 0.25) is 0 Å². The third-order valence-corrected chi connectivity index (χ3v) is 4.38. The van der Waals surface area contributed by atoms with Crippen molar-refractivity contribution in [3.63, 3.8) is 0 Å². The molecule has 112 valence electrons. The van der Waals surface area contributed by atoms with Crippen LogP contribution in [0.3, 0.4) is 0 Å². The minimum Gasteiger partial charge on any atom is -0.381 e. The minimum absolute atomic E-state index is 0.450. The average molecular weight is 270 g/mol. The second kappa shape index (κ2) is 8.20. The van der Waals surface area contributed by atoms with Crippen molar-refractivity contribution in [1.82, 2.24) is 10.2 Å². The number of nitrogens with zero attached hydrogens (tertiary/aromatic N) is 1. The number of ether oxygens (including phenoxy) is 2. The van der Waals surface area contributed by atoms with Gasteiger partial charge in [-0.05, 0) is 39.3 Å². The molecule has 0 amide bonds. The van der Waals surface area contributed by atoms with E-state index in [2.05, 4.69) is 24.2 Å². The zero-order valence-electron chi connectivity index (χ0n) is 12.6. The van der Waals surface area contributed by atoms with Crippen molar-refractivity contribution in [2.75, 3.05) is 46.5 Å². The van der Waals surface area contributed by atoms with Gasteiger partial charge in [0.25, 0.3) is 0 Å². The van der Waals surface area contributed by atoms with Gasteiger partial charge in [-0.1, -0.05) is 6.92 Å². The first-order chi connectivity index (χ1) is 9.33. The predicted octanol–water partition coefficient (Wildman–Crippen LogP) is 1.50. The van der Waals surface area contributed by atoms with Crippen LogP contribution in [0, 0.1) is 5.92 Å². The number of nitrogens with one attached hydrogen (secondary N) is 1. The first-order valence-electron chi connectivity index (χ1n) is 7.92. The van der Waals surface area contributed by atoms with E-state index in [0.717, 1.165) is 39.3 Å². The van der Waals surface area contributed by atoms with E-state index >= 15 is 0 Å². The Balaban J connectivity index is 1.76. The van der Waals surface area contributed by atoms with Gasteiger partial charge in [-0.3, -0.25) is 4.90 Å². The van der Waals surface area contributed by atoms with E-state index in [1.807, 2.05) is 0 Å². The summed E-state index contributed by atoms with van der Waals surface area (Å²) in [6.45, 7) is 8.41. The van der Waals surface area contributed by atoms with Crippen molar-refractivity contribution in [2.24, 2.45) is 5.92 Å². The van der Waals surface area contributed by atoms with E-state index in [0.29, 0.717) is 18.1 Å². The van der Waals surface area contributed by atoms with Crippen LogP contribution in [0.25, 0.3) is 0 Å². The molecule has 0 aromatic rings. The maximum Gasteiger partial charge on any atom is 0.0702 e. The zero-order chi connectivity index (χ0) is 13.5. The summed E-state index contributed by atoms with van der Waals surface area (Å²) in [5.41, 5.74) is 0. The normalized spacial score (nSPS) is 30.6. The SMILES string of the molecule is CCCOC1CCCN(CC(NC)C2CCOC2)C1. The molecule has 0 aromatic carbocycles. The van der Waals surface area contributed by atoms with E-state index in [1.54, 1.807) is 0 Å². The van der Waals surface area contributed by atoms with E-state index in [4.69, 9.17) is 9.47 Å². The number of likely N-dealkylation sites (tertiary alicyclic amines) is 1. The lowest BCUT2D eigenvalue weighted by atomic mass is 9.97. The van der Waals surface area contributed by atoms with E-state index in [1.165, 1.54) is 25.8 Å². The van der Waals surface area contributed by atoms with Crippen LogP contribution in [0.15, 0.2) is 0 Å². The highest BCUT2D eigenvalue weighted by molar-refractivity contribution is 4.84. The second-order valence-electron chi connectivity index (χ2n) is 5.91. The largest absolute Gasteiger partial charge is 0.381 e. The minimum atomic E-state index is 0.450. The topological polar surface area (TPSA) is 33.7 Å². The Hall–Kier alpha value is -0.160. The zero-order valence-corrected chi connectivity index (χ0v) is 12.6. The van der Waals surface area contributed by atoms with Gasteiger partial charge in [0.15, 0.2) is 0 Å². The molecule has 0 spiro atoms. The highest BCUT2D eigenvalue weighted by Crippen LogP contribution is 2.20. The summed E-state index contributed by atoms with van der Waals surface area (Å²) in [6.07, 6.45) is 5.27. The highest BCUT2D eigenvalue weighted by atomic mass is 16.5. The molecule has 2 heterocycles. The van der Waals surface area contributed by atoms with Crippen molar-refractivity contribution < 1.29 is 9.47 Å². The van der Waals surface area contributed by atoms with Gasteiger partial charge in [0.05, 0.1) is 12.7 Å². The molecule has 3 atom stereocenters. The second-order valence-corrected chi connectivity index (χ2v) is 5.91. The number of rotatable bonds is 7. The average Bonchev–Trinajstić information content (AvgIpc) is 2.97. The molecule has 0 aromatic heterocycles. The van der Waals surface area contributed by atoms with Crippen LogP contribution in [0.1, 0.15) is 32.6 Å². The molecule has 0 radical (unpaired) electrons. The Morgan fingerprint density at radius 1 is 1.42 bits per heavy atom. The van der Waals surface area contributed by atoms with Crippen molar-refractivity contribution in [2.45, 2.75) is 44.8 Å². The lowest BCUT2D eigenvalue weighted by Gasteiger charge is -2.36. The Morgan fingerprint density at radius 3 is 3.00 bits per heavy atom. The number of piperidine rings is 1. The quantitative estimate of drug-likeness (QED) is 0.760. The fraction of sp³-hybridized carbons (Fsp3) is 1.00. The summed E-state index contributed by atoms with van der Waals surface area (Å²) < 4.78 is 11.4. The number of hydrogen-bond donors (Lipinski definition) is 1. The number of hydrogen-bond acceptors (Lipinski definition) is 4. The summed E-state index contributed by atoms with van der Waals surface area (Å²) in [6, 6.07) is 0.562. The maximum atomic E-state index is 5.92. The van der Waals surface area contributed by atoms with Gasteiger partial charge in [-0.25, -0.2) is 0 Å². The van der Waals surface area contributed by atoms with Crippen LogP contribution in [-0.2, 0) is 9.47 Å². The van der Waals surface area contributed by atoms with Crippen molar-refractivity contribution in [3.05, 3.63) is 0 Å². The monoisotopic (exact) mass is 270 g/mol. The molecule has 4 nitrogen and oxygen atoms in total. The van der Waals surface area contributed by atoms with Gasteiger partial charge in [0, 0.05) is 38.3 Å². The predicted molar refractivity (Wildman–Crippen MR) is 77.5 cm³/mol. The van der Waals surface area contributed by atoms with Crippen molar-refractivity contribution in [3.8, 4) is 0 Å². The molecule has 2 aliphatic heterocycles. The number of likely N-dealkylation sites (N-methyl/N-ethyl adjacent to an activating group) is 1. The lowest BCUT2D eigenvalue weighted by molar-refractivity contribution is -0.00388. The molecule has 3 unspecified atom stereocenters. The van der Waals surface area contributed by atoms with Gasteiger partial charge in [-0.2, -0.15) is 0 Å². The van der Waals surface area contributed by atoms with Crippen LogP contribution in [0.5, 0.6) is 0 Å². The van der Waals surface area contributed by atoms with Crippen molar-refractivity contribution in [1.29, 1.82) is 0 Å². The Morgan fingerprint density at radius 2 is 2.32 bits per heavy atom. The van der Waals surface area contributed by atoms with Crippen LogP contribution in [0.4, 0.5) is 0 Å². The first-order valence-corrected chi connectivity index (χ1v) is 7.92. The lowest BCUT2D eigenvalue weighted by Crippen LogP contribution is -2.49. The maximum absolute atomic E-state index is 5.92. The van der Waals surface area contributed by atoms with E-state index < -0.39 is 0 Å². The molecule has 1 N–H and O–H groups in total. The van der Waals surface area contributed by atoms with Gasteiger partial charge >= 0.3 is 0 Å². The Labute approximate surface area is 117 Å². The Bertz CT molecular complexity index is 244. The smallest absolute Gasteiger partial charge is 0.0702 e. The highest BCUT2D eigenvalue weighted by Gasteiger charge is 2.28. The van der Waals surface area contributed by atoms with Crippen molar-refractivity contribution >= 4 is 0 Å². The standard InChI is InChI=1S/C15H30N2O2/c1-3-8-19-14-5-4-7-17(10-14)11-15(16-2)13-6-9-18-12-13/h13-16H,3-12H2,1-2H3. The van der Waals surface area contributed by atoms with Crippen LogP contribution in [-0.4, -0.2) is 63.5 Å². The van der Waals surface area contributed by atoms with Crippen LogP contribution < -0.4 is 5.32 Å². The molecular formula is C15H30N2O2. The summed E-state index contributed by atoms with van der Waals surface area (Å²) in [4.78, 5) is 2.57. The van der Waals surface area contributed by atoms with Crippen LogP contribution >= 0.6 is 0 Å². The molecule has 2 aliphatic rings. The third-order valence-electron chi connectivity index (χ3n) is 4.38. The Kier molecular flexibility index (Phi) is 6.57. The molecule has 2 rings (SSSR count). The van der Waals surface area contributed by atoms with Crippen LogP contribution in [0.2, 0.25) is 0 Å². The van der Waals surface area contributed by atoms with Gasteiger partial charge in [0.1, 0.15) is 0 Å². The molecule has 4 heteroatoms. The summed E-state index contributed by atoms with van der Waals surface area (Å²) in [7, 11) is 2.08. The first kappa shape index (κ1) is 15.2. The van der Waals surface area contributed by atoms with E-state index in [9.17, 15) is 0 Å². The fourth-order valence-corrected chi connectivity index (χ4v) is 3.22.